The van der Waals surface area contributed by atoms with Crippen molar-refractivity contribution in [2.24, 2.45) is 41.4 Å². The second-order valence-electron chi connectivity index (χ2n) is 25.7. The van der Waals surface area contributed by atoms with E-state index in [0.29, 0.717) is 13.0 Å². The number of nitrogens with one attached hydrogen (secondary N) is 4. The summed E-state index contributed by atoms with van der Waals surface area (Å²) < 4.78 is 6.12. The molecule has 0 aromatic heterocycles. The molecule has 0 radical (unpaired) electrons. The first-order valence-electron chi connectivity index (χ1n) is 29.5. The van der Waals surface area contributed by atoms with Gasteiger partial charge in [-0.2, -0.15) is 0 Å². The number of rotatable bonds is 11. The van der Waals surface area contributed by atoms with Crippen LogP contribution in [-0.4, -0.2) is 228 Å². The fraction of sp³-hybridized carbons (Fsp3) is 0.814. The summed E-state index contributed by atoms with van der Waals surface area (Å²) in [5.41, 5.74) is 0. The number of amides is 11. The molecule has 0 spiro atoms. The molecule has 82 heavy (non-hydrogen) atoms. The average Bonchev–Trinajstić information content (AvgIpc) is 4.00. The van der Waals surface area contributed by atoms with Gasteiger partial charge >= 0.3 is 0 Å². The molecule has 2 saturated heterocycles. The molecular weight excluding hydrogens is 1050 g/mol. The predicted molar refractivity (Wildman–Crippen MR) is 313 cm³/mol. The molecule has 23 heteroatoms. The highest BCUT2D eigenvalue weighted by atomic mass is 16.5. The van der Waals surface area contributed by atoms with Crippen LogP contribution in [0.5, 0.6) is 0 Å². The first-order chi connectivity index (χ1) is 37.8. The number of hydrogen-bond acceptors (Lipinski definition) is 12. The van der Waals surface area contributed by atoms with Gasteiger partial charge in [0.05, 0.1) is 12.6 Å². The lowest BCUT2D eigenvalue weighted by atomic mass is 9.93. The number of hydrogen-bond donors (Lipinski definition) is 4. The quantitative estimate of drug-likeness (QED) is 0.232. The van der Waals surface area contributed by atoms with E-state index in [1.54, 1.807) is 27.7 Å². The first-order valence-corrected chi connectivity index (χ1v) is 29.5. The van der Waals surface area contributed by atoms with E-state index in [0.717, 1.165) is 4.90 Å². The van der Waals surface area contributed by atoms with Crippen molar-refractivity contribution in [3.8, 4) is 0 Å². The summed E-state index contributed by atoms with van der Waals surface area (Å²) in [5, 5.41) is 11.0. The van der Waals surface area contributed by atoms with Crippen LogP contribution in [0.25, 0.3) is 0 Å². The fourth-order valence-corrected chi connectivity index (χ4v) is 10.8. The Morgan fingerprint density at radius 3 is 1.27 bits per heavy atom. The minimum Gasteiger partial charge on any atom is -0.375 e. The molecule has 12 atom stereocenters. The van der Waals surface area contributed by atoms with E-state index in [1.165, 1.54) is 99.5 Å². The summed E-state index contributed by atoms with van der Waals surface area (Å²) in [4.78, 5) is 168. The maximum atomic E-state index is 15.1. The van der Waals surface area contributed by atoms with Crippen LogP contribution < -0.4 is 21.3 Å². The van der Waals surface area contributed by atoms with Gasteiger partial charge in [0.1, 0.15) is 60.4 Å². The molecule has 0 saturated carbocycles. The fourth-order valence-electron chi connectivity index (χ4n) is 10.8. The van der Waals surface area contributed by atoms with Crippen LogP contribution in [-0.2, 0) is 57.5 Å². The normalized spacial score (nSPS) is 29.3. The molecule has 468 valence electrons. The Bertz CT molecular complexity index is 2260. The number of ether oxygens (including phenoxy) is 1. The standard InChI is InChI=1S/C59H105N11O12/c1-31(2)26-41-52(74)63-46(35(9)10)58(80)66(19)42(27-32(3)4)51(73)60-38(14)50(72)61-40(16)55(77)67(20)43(28-33(5)6)56(78)68(21)44(29-34(7)8)57(79)69(22)47(36(11)12)59(81)70(23)48(49-37(13)24-25-82-49)53(75)62-39(15)54(76)64(17)30-45(71)65(41)18/h31-44,46-49H,24-30H2,1-23H3,(H,60,73)(H,61,72)(H,62,75)(H,63,74)/t37-,38+,39+,40-,41+,42+,43+,44+,46+,47+,48+,49-/m1/s1. The SMILES string of the molecule is CC(C)C[C@H]1C(=O)N[C@@H](C(C)C)C(=O)N(C)[C@@H](CC(C)C)C(=O)N[C@@H](C)C(=O)N[C@H](C)C(=O)N(C)[C@@H](CC(C)C)C(=O)N(C)[C@@H](CC(C)C)C(=O)N(C)[C@@H](C(C)C)C(=O)N(C)[C@@H]([C@@H]2OCC[C@H]2C)C(=O)N[C@@H](C)C(=O)N(C)CC(=O)N1C. The number of carbonyl (C=O) groups is 11. The van der Waals surface area contributed by atoms with Crippen molar-refractivity contribution in [2.45, 2.75) is 209 Å². The molecular formula is C59H105N11O12. The van der Waals surface area contributed by atoms with Crippen LogP contribution >= 0.6 is 0 Å². The molecule has 2 fully saturated rings. The zero-order valence-corrected chi connectivity index (χ0v) is 53.9. The van der Waals surface area contributed by atoms with Gasteiger partial charge in [0.15, 0.2) is 0 Å². The van der Waals surface area contributed by atoms with Crippen LogP contribution in [0.1, 0.15) is 143 Å². The molecule has 0 aromatic carbocycles. The average molecular weight is 1160 g/mol. The minimum absolute atomic E-state index is 0.117. The molecule has 0 unspecified atom stereocenters. The summed E-state index contributed by atoms with van der Waals surface area (Å²) in [6, 6.07) is -11.7. The van der Waals surface area contributed by atoms with Crippen molar-refractivity contribution >= 4 is 65.0 Å². The number of nitrogens with zero attached hydrogens (tertiary/aromatic N) is 7. The van der Waals surface area contributed by atoms with E-state index in [9.17, 15) is 43.2 Å². The maximum absolute atomic E-state index is 15.1. The van der Waals surface area contributed by atoms with Crippen LogP contribution in [0.4, 0.5) is 0 Å². The Balaban J connectivity index is 2.89. The molecule has 23 nitrogen and oxygen atoms in total. The predicted octanol–water partition coefficient (Wildman–Crippen LogP) is 2.34. The molecule has 0 aliphatic carbocycles. The van der Waals surface area contributed by atoms with E-state index in [4.69, 9.17) is 4.74 Å². The van der Waals surface area contributed by atoms with Gasteiger partial charge in [-0.1, -0.05) is 90.0 Å². The lowest BCUT2D eigenvalue weighted by Crippen LogP contribution is -2.63. The maximum Gasteiger partial charge on any atom is 0.246 e. The second kappa shape index (κ2) is 31.7. The van der Waals surface area contributed by atoms with Crippen molar-refractivity contribution in [2.75, 3.05) is 62.5 Å². The van der Waals surface area contributed by atoms with Crippen LogP contribution in [0.15, 0.2) is 0 Å². The van der Waals surface area contributed by atoms with Gasteiger partial charge in [0.2, 0.25) is 65.0 Å². The topological polar surface area (TPSA) is 268 Å². The zero-order chi connectivity index (χ0) is 63.3. The molecule has 2 aliphatic rings. The van der Waals surface area contributed by atoms with Gasteiger partial charge in [0, 0.05) is 55.9 Å². The van der Waals surface area contributed by atoms with Crippen molar-refractivity contribution in [3.63, 3.8) is 0 Å². The number of carbonyl (C=O) groups excluding carboxylic acids is 11. The summed E-state index contributed by atoms with van der Waals surface area (Å²) in [6.07, 6.45) is 0.474. The summed E-state index contributed by atoms with van der Waals surface area (Å²) in [6.45, 7) is 28.1. The van der Waals surface area contributed by atoms with Crippen molar-refractivity contribution in [3.05, 3.63) is 0 Å². The molecule has 11 amide bonds. The Morgan fingerprint density at radius 1 is 0.415 bits per heavy atom. The highest BCUT2D eigenvalue weighted by Crippen LogP contribution is 2.29. The third-order valence-electron chi connectivity index (χ3n) is 15.9. The highest BCUT2D eigenvalue weighted by Gasteiger charge is 2.47. The van der Waals surface area contributed by atoms with E-state index in [2.05, 4.69) is 21.3 Å². The van der Waals surface area contributed by atoms with Crippen molar-refractivity contribution < 1.29 is 57.5 Å². The lowest BCUT2D eigenvalue weighted by molar-refractivity contribution is -0.157. The Morgan fingerprint density at radius 2 is 0.817 bits per heavy atom. The van der Waals surface area contributed by atoms with Crippen LogP contribution in [0, 0.1) is 41.4 Å². The van der Waals surface area contributed by atoms with Crippen LogP contribution in [0.2, 0.25) is 0 Å². The van der Waals surface area contributed by atoms with E-state index < -0.39 is 150 Å². The van der Waals surface area contributed by atoms with Gasteiger partial charge in [-0.15, -0.1) is 0 Å². The number of likely N-dealkylation sites (N-methyl/N-ethyl adjacent to an activating group) is 7. The zero-order valence-electron chi connectivity index (χ0n) is 53.9. The molecule has 4 N–H and O–H groups in total. The van der Waals surface area contributed by atoms with Crippen LogP contribution in [0.3, 0.4) is 0 Å². The van der Waals surface area contributed by atoms with Gasteiger partial charge in [-0.3, -0.25) is 52.7 Å². The van der Waals surface area contributed by atoms with Gasteiger partial charge in [-0.05, 0) is 94.3 Å². The third-order valence-corrected chi connectivity index (χ3v) is 15.9. The van der Waals surface area contributed by atoms with Crippen molar-refractivity contribution in [1.29, 1.82) is 0 Å². The van der Waals surface area contributed by atoms with Gasteiger partial charge < -0.3 is 60.3 Å². The Kier molecular flexibility index (Phi) is 27.9. The highest BCUT2D eigenvalue weighted by molar-refractivity contribution is 5.99. The third kappa shape index (κ3) is 19.1. The summed E-state index contributed by atoms with van der Waals surface area (Å²) in [5.74, 6) is -8.67. The Hall–Kier alpha value is -5.87. The lowest BCUT2D eigenvalue weighted by Gasteiger charge is -2.41. The first kappa shape index (κ1) is 72.2. The van der Waals surface area contributed by atoms with E-state index in [-0.39, 0.29) is 55.3 Å². The molecule has 2 heterocycles. The monoisotopic (exact) mass is 1160 g/mol. The minimum atomic E-state index is -1.29. The van der Waals surface area contributed by atoms with Gasteiger partial charge in [0.25, 0.3) is 0 Å². The molecule has 2 rings (SSSR count). The second-order valence-corrected chi connectivity index (χ2v) is 25.7. The summed E-state index contributed by atoms with van der Waals surface area (Å²) >= 11 is 0. The largest absolute Gasteiger partial charge is 0.375 e. The smallest absolute Gasteiger partial charge is 0.246 e. The molecule has 0 aromatic rings. The van der Waals surface area contributed by atoms with Gasteiger partial charge in [-0.25, -0.2) is 0 Å². The van der Waals surface area contributed by atoms with E-state index >= 15 is 9.59 Å². The molecule has 0 bridgehead atoms. The molecule has 2 aliphatic heterocycles. The Labute approximate surface area is 489 Å². The van der Waals surface area contributed by atoms with E-state index in [1.807, 2.05) is 62.3 Å². The van der Waals surface area contributed by atoms with Crippen molar-refractivity contribution in [1.82, 2.24) is 55.6 Å². The summed E-state index contributed by atoms with van der Waals surface area (Å²) in [7, 11) is 10.1.